The summed E-state index contributed by atoms with van der Waals surface area (Å²) in [5.41, 5.74) is 0.793. The van der Waals surface area contributed by atoms with E-state index in [-0.39, 0.29) is 24.8 Å². The van der Waals surface area contributed by atoms with Gasteiger partial charge in [0.15, 0.2) is 5.78 Å². The summed E-state index contributed by atoms with van der Waals surface area (Å²) < 4.78 is 22.6. The largest absolute Gasteiger partial charge is 0.485 e. The van der Waals surface area contributed by atoms with Gasteiger partial charge in [0.05, 0.1) is 0 Å². The lowest BCUT2D eigenvalue weighted by molar-refractivity contribution is -0.124. The summed E-state index contributed by atoms with van der Waals surface area (Å²) in [6.07, 6.45) is 0. The van der Waals surface area contributed by atoms with Gasteiger partial charge in [-0.1, -0.05) is 6.07 Å². The van der Waals surface area contributed by atoms with E-state index in [1.165, 1.54) is 19.2 Å². The van der Waals surface area contributed by atoms with E-state index in [0.717, 1.165) is 5.56 Å². The standard InChI is InChI=1S/C11H13FO3/c1-8-3-4-9(12)5-11(8)15-7-10(13)6-14-2/h3-5H,6-7H2,1-2H3. The van der Waals surface area contributed by atoms with Crippen molar-refractivity contribution >= 4 is 5.78 Å². The maximum Gasteiger partial charge on any atom is 0.195 e. The van der Waals surface area contributed by atoms with Crippen molar-refractivity contribution in [1.82, 2.24) is 0 Å². The van der Waals surface area contributed by atoms with Crippen LogP contribution in [-0.2, 0) is 9.53 Å². The monoisotopic (exact) mass is 212 g/mol. The molecular formula is C11H13FO3. The number of Topliss-reactive ketones (excluding diaryl/α,β-unsaturated/α-hetero) is 1. The number of ether oxygens (including phenoxy) is 2. The van der Waals surface area contributed by atoms with E-state index in [1.54, 1.807) is 13.0 Å². The Hall–Kier alpha value is -1.42. The fourth-order valence-corrected chi connectivity index (χ4v) is 1.09. The van der Waals surface area contributed by atoms with Crippen LogP contribution in [0.3, 0.4) is 0 Å². The third-order valence-electron chi connectivity index (χ3n) is 1.84. The molecule has 1 rings (SSSR count). The predicted molar refractivity (Wildman–Crippen MR) is 53.5 cm³/mol. The Morgan fingerprint density at radius 1 is 1.40 bits per heavy atom. The van der Waals surface area contributed by atoms with Crippen LogP contribution in [-0.4, -0.2) is 26.1 Å². The molecule has 0 saturated heterocycles. The predicted octanol–water partition coefficient (Wildman–Crippen LogP) is 1.73. The summed E-state index contributed by atoms with van der Waals surface area (Å²) in [6.45, 7) is 1.70. The molecule has 0 fully saturated rings. The first-order valence-electron chi connectivity index (χ1n) is 4.53. The van der Waals surface area contributed by atoms with E-state index < -0.39 is 0 Å². The molecule has 0 amide bonds. The number of halogens is 1. The molecule has 0 bridgehead atoms. The van der Waals surface area contributed by atoms with Gasteiger partial charge in [0, 0.05) is 13.2 Å². The van der Waals surface area contributed by atoms with Crippen molar-refractivity contribution < 1.29 is 18.7 Å². The van der Waals surface area contributed by atoms with E-state index in [1.807, 2.05) is 0 Å². The number of hydrogen-bond donors (Lipinski definition) is 0. The van der Waals surface area contributed by atoms with E-state index in [4.69, 9.17) is 4.74 Å². The van der Waals surface area contributed by atoms with Crippen molar-refractivity contribution in [3.05, 3.63) is 29.6 Å². The minimum Gasteiger partial charge on any atom is -0.485 e. The normalized spacial score (nSPS) is 10.1. The highest BCUT2D eigenvalue weighted by Gasteiger charge is 2.05. The fourth-order valence-electron chi connectivity index (χ4n) is 1.09. The molecule has 1 aromatic rings. The topological polar surface area (TPSA) is 35.5 Å². The molecule has 82 valence electrons. The summed E-state index contributed by atoms with van der Waals surface area (Å²) in [4.78, 5) is 11.1. The number of carbonyl (C=O) groups is 1. The number of ketones is 1. The first-order valence-corrected chi connectivity index (χ1v) is 4.53. The van der Waals surface area contributed by atoms with Crippen molar-refractivity contribution in [1.29, 1.82) is 0 Å². The highest BCUT2D eigenvalue weighted by Crippen LogP contribution is 2.18. The van der Waals surface area contributed by atoms with E-state index in [2.05, 4.69) is 4.74 Å². The first-order chi connectivity index (χ1) is 7.13. The molecule has 15 heavy (non-hydrogen) atoms. The molecule has 0 aliphatic rings. The van der Waals surface area contributed by atoms with Gasteiger partial charge in [-0.3, -0.25) is 4.79 Å². The Bertz CT molecular complexity index is 350. The molecule has 0 heterocycles. The average molecular weight is 212 g/mol. The summed E-state index contributed by atoms with van der Waals surface area (Å²) in [7, 11) is 1.44. The molecule has 4 heteroatoms. The molecule has 0 spiro atoms. The van der Waals surface area contributed by atoms with Crippen LogP contribution < -0.4 is 4.74 Å². The molecule has 0 aliphatic heterocycles. The number of rotatable bonds is 5. The summed E-state index contributed by atoms with van der Waals surface area (Å²) >= 11 is 0. The fraction of sp³-hybridized carbons (Fsp3) is 0.364. The second-order valence-electron chi connectivity index (χ2n) is 3.17. The molecule has 0 saturated carbocycles. The molecule has 0 N–H and O–H groups in total. The molecule has 0 radical (unpaired) electrons. The van der Waals surface area contributed by atoms with Crippen LogP contribution in [0.25, 0.3) is 0 Å². The number of carbonyl (C=O) groups excluding carboxylic acids is 1. The third-order valence-corrected chi connectivity index (χ3v) is 1.84. The zero-order valence-electron chi connectivity index (χ0n) is 8.75. The lowest BCUT2D eigenvalue weighted by Gasteiger charge is -2.07. The highest BCUT2D eigenvalue weighted by molar-refractivity contribution is 5.81. The van der Waals surface area contributed by atoms with Gasteiger partial charge in [0.1, 0.15) is 24.8 Å². The molecule has 0 aliphatic carbocycles. The average Bonchev–Trinajstić information content (AvgIpc) is 2.20. The molecular weight excluding hydrogens is 199 g/mol. The van der Waals surface area contributed by atoms with Crippen LogP contribution >= 0.6 is 0 Å². The van der Waals surface area contributed by atoms with Gasteiger partial charge in [-0.2, -0.15) is 0 Å². The van der Waals surface area contributed by atoms with Crippen molar-refractivity contribution in [2.45, 2.75) is 6.92 Å². The second kappa shape index (κ2) is 5.46. The Balaban J connectivity index is 2.57. The van der Waals surface area contributed by atoms with Crippen LogP contribution in [0, 0.1) is 12.7 Å². The minimum atomic E-state index is -0.380. The Morgan fingerprint density at radius 3 is 2.80 bits per heavy atom. The Kier molecular flexibility index (Phi) is 4.24. The van der Waals surface area contributed by atoms with Crippen LogP contribution in [0.4, 0.5) is 4.39 Å². The number of hydrogen-bond acceptors (Lipinski definition) is 3. The van der Waals surface area contributed by atoms with Crippen LogP contribution in [0.5, 0.6) is 5.75 Å². The van der Waals surface area contributed by atoms with Crippen LogP contribution in [0.2, 0.25) is 0 Å². The van der Waals surface area contributed by atoms with Crippen LogP contribution in [0.15, 0.2) is 18.2 Å². The van der Waals surface area contributed by atoms with Gasteiger partial charge in [-0.15, -0.1) is 0 Å². The molecule has 0 aromatic heterocycles. The minimum absolute atomic E-state index is 0.00830. The molecule has 3 nitrogen and oxygen atoms in total. The van der Waals surface area contributed by atoms with E-state index in [0.29, 0.717) is 5.75 Å². The third kappa shape index (κ3) is 3.67. The number of aryl methyl sites for hydroxylation is 1. The van der Waals surface area contributed by atoms with Crippen molar-refractivity contribution in [2.75, 3.05) is 20.3 Å². The van der Waals surface area contributed by atoms with E-state index in [9.17, 15) is 9.18 Å². The van der Waals surface area contributed by atoms with Gasteiger partial charge in [0.2, 0.25) is 0 Å². The summed E-state index contributed by atoms with van der Waals surface area (Å²) in [5, 5.41) is 0. The smallest absolute Gasteiger partial charge is 0.195 e. The first kappa shape index (κ1) is 11.7. The van der Waals surface area contributed by atoms with Gasteiger partial charge < -0.3 is 9.47 Å². The SMILES string of the molecule is COCC(=O)COc1cc(F)ccc1C. The van der Waals surface area contributed by atoms with Gasteiger partial charge in [-0.05, 0) is 18.6 Å². The zero-order valence-corrected chi connectivity index (χ0v) is 8.75. The lowest BCUT2D eigenvalue weighted by atomic mass is 10.2. The molecule has 1 aromatic carbocycles. The maximum absolute atomic E-state index is 12.8. The number of benzene rings is 1. The highest BCUT2D eigenvalue weighted by atomic mass is 19.1. The van der Waals surface area contributed by atoms with Crippen molar-refractivity contribution in [3.8, 4) is 5.75 Å². The molecule has 0 atom stereocenters. The lowest BCUT2D eigenvalue weighted by Crippen LogP contribution is -2.16. The number of methoxy groups -OCH3 is 1. The quantitative estimate of drug-likeness (QED) is 0.745. The summed E-state index contributed by atoms with van der Waals surface area (Å²) in [6, 6.07) is 4.21. The molecule has 0 unspecified atom stereocenters. The van der Waals surface area contributed by atoms with Crippen molar-refractivity contribution in [3.63, 3.8) is 0 Å². The van der Waals surface area contributed by atoms with E-state index >= 15 is 0 Å². The van der Waals surface area contributed by atoms with Crippen LogP contribution in [0.1, 0.15) is 5.56 Å². The van der Waals surface area contributed by atoms with Gasteiger partial charge in [-0.25, -0.2) is 4.39 Å². The Labute approximate surface area is 87.8 Å². The van der Waals surface area contributed by atoms with Gasteiger partial charge in [0.25, 0.3) is 0 Å². The second-order valence-corrected chi connectivity index (χ2v) is 3.17. The van der Waals surface area contributed by atoms with Crippen molar-refractivity contribution in [2.24, 2.45) is 0 Å². The summed E-state index contributed by atoms with van der Waals surface area (Å²) in [5.74, 6) is -0.171. The zero-order chi connectivity index (χ0) is 11.3. The Morgan fingerprint density at radius 2 is 2.13 bits per heavy atom. The maximum atomic E-state index is 12.8. The van der Waals surface area contributed by atoms with Gasteiger partial charge >= 0.3 is 0 Å².